The van der Waals surface area contributed by atoms with E-state index in [0.29, 0.717) is 29.2 Å². The number of fused-ring (bicyclic) bond motifs is 2. The standard InChI is InChI=1S/C16H20ClNO4S/c1-22-15-6-3-10(17)7-14(15)16(19)18-11-4-5-12(18)9-13(8-11)23(2,20)21/h3,6-7,11-13H,4-5,8-9H2,1-2H3. The van der Waals surface area contributed by atoms with Crippen LogP contribution in [-0.4, -0.2) is 49.9 Å². The molecule has 2 heterocycles. The van der Waals surface area contributed by atoms with Crippen molar-refractivity contribution in [3.63, 3.8) is 0 Å². The van der Waals surface area contributed by atoms with Crippen molar-refractivity contribution in [2.45, 2.75) is 43.0 Å². The van der Waals surface area contributed by atoms with Gasteiger partial charge in [0.15, 0.2) is 0 Å². The Hall–Kier alpha value is -1.27. The molecule has 0 radical (unpaired) electrons. The van der Waals surface area contributed by atoms with Crippen LogP contribution in [0.25, 0.3) is 0 Å². The molecule has 1 amide bonds. The number of hydrogen-bond donors (Lipinski definition) is 0. The van der Waals surface area contributed by atoms with Crippen molar-refractivity contribution < 1.29 is 17.9 Å². The van der Waals surface area contributed by atoms with E-state index < -0.39 is 9.84 Å². The third-order valence-corrected chi connectivity index (χ3v) is 6.75. The van der Waals surface area contributed by atoms with E-state index >= 15 is 0 Å². The number of benzene rings is 1. The van der Waals surface area contributed by atoms with E-state index in [-0.39, 0.29) is 23.2 Å². The summed E-state index contributed by atoms with van der Waals surface area (Å²) in [4.78, 5) is 14.8. The summed E-state index contributed by atoms with van der Waals surface area (Å²) in [7, 11) is -1.55. The van der Waals surface area contributed by atoms with Crippen molar-refractivity contribution in [2.75, 3.05) is 13.4 Å². The van der Waals surface area contributed by atoms with Crippen LogP contribution < -0.4 is 4.74 Å². The quantitative estimate of drug-likeness (QED) is 0.833. The highest BCUT2D eigenvalue weighted by atomic mass is 35.5. The Kier molecular flexibility index (Phi) is 4.31. The molecule has 3 rings (SSSR count). The number of rotatable bonds is 3. The monoisotopic (exact) mass is 357 g/mol. The molecule has 2 aliphatic rings. The first kappa shape index (κ1) is 16.6. The molecule has 1 aromatic rings. The molecule has 7 heteroatoms. The first-order valence-corrected chi connectivity index (χ1v) is 9.99. The largest absolute Gasteiger partial charge is 0.496 e. The smallest absolute Gasteiger partial charge is 0.258 e. The molecule has 0 N–H and O–H groups in total. The highest BCUT2D eigenvalue weighted by molar-refractivity contribution is 7.91. The maximum absolute atomic E-state index is 13.0. The molecule has 5 nitrogen and oxygen atoms in total. The van der Waals surface area contributed by atoms with E-state index in [2.05, 4.69) is 0 Å². The highest BCUT2D eigenvalue weighted by Crippen LogP contribution is 2.40. The summed E-state index contributed by atoms with van der Waals surface area (Å²) in [6.45, 7) is 0. The normalized spacial score (nSPS) is 27.1. The van der Waals surface area contributed by atoms with Gasteiger partial charge in [-0.2, -0.15) is 0 Å². The first-order valence-electron chi connectivity index (χ1n) is 7.66. The van der Waals surface area contributed by atoms with Gasteiger partial charge < -0.3 is 9.64 Å². The Bertz CT molecular complexity index is 720. The number of sulfone groups is 1. The lowest BCUT2D eigenvalue weighted by Crippen LogP contribution is -2.49. The van der Waals surface area contributed by atoms with Crippen molar-refractivity contribution in [3.05, 3.63) is 28.8 Å². The summed E-state index contributed by atoms with van der Waals surface area (Å²) < 4.78 is 29.0. The zero-order chi connectivity index (χ0) is 16.8. The number of ether oxygens (including phenoxy) is 1. The highest BCUT2D eigenvalue weighted by Gasteiger charge is 2.46. The number of halogens is 1. The van der Waals surface area contributed by atoms with Gasteiger partial charge in [-0.25, -0.2) is 8.42 Å². The topological polar surface area (TPSA) is 63.7 Å². The van der Waals surface area contributed by atoms with Crippen molar-refractivity contribution in [3.8, 4) is 5.75 Å². The Morgan fingerprint density at radius 1 is 1.26 bits per heavy atom. The zero-order valence-corrected chi connectivity index (χ0v) is 14.7. The molecule has 126 valence electrons. The van der Waals surface area contributed by atoms with Gasteiger partial charge in [-0.3, -0.25) is 4.79 Å². The molecule has 23 heavy (non-hydrogen) atoms. The van der Waals surface area contributed by atoms with Crippen molar-refractivity contribution in [2.24, 2.45) is 0 Å². The van der Waals surface area contributed by atoms with Crippen LogP contribution >= 0.6 is 11.6 Å². The first-order chi connectivity index (χ1) is 10.8. The van der Waals surface area contributed by atoms with Crippen LogP contribution in [0.3, 0.4) is 0 Å². The van der Waals surface area contributed by atoms with Gasteiger partial charge >= 0.3 is 0 Å². The molecule has 2 aliphatic heterocycles. The third-order valence-electron chi connectivity index (χ3n) is 4.92. The summed E-state index contributed by atoms with van der Waals surface area (Å²) >= 11 is 6.02. The van der Waals surface area contributed by atoms with Crippen molar-refractivity contribution >= 4 is 27.3 Å². The number of amides is 1. The Labute approximate surface area is 141 Å². The Morgan fingerprint density at radius 2 is 1.87 bits per heavy atom. The molecule has 0 aromatic heterocycles. The molecular weight excluding hydrogens is 338 g/mol. The third kappa shape index (κ3) is 3.06. The SMILES string of the molecule is COc1ccc(Cl)cc1C(=O)N1C2CCC1CC(S(C)(=O)=O)C2. The number of nitrogens with zero attached hydrogens (tertiary/aromatic N) is 1. The van der Waals surface area contributed by atoms with E-state index in [9.17, 15) is 13.2 Å². The van der Waals surface area contributed by atoms with Crippen LogP contribution in [0.1, 0.15) is 36.0 Å². The zero-order valence-electron chi connectivity index (χ0n) is 13.2. The maximum atomic E-state index is 13.0. The average molecular weight is 358 g/mol. The molecule has 2 saturated heterocycles. The summed E-state index contributed by atoms with van der Waals surface area (Å²) in [6.07, 6.45) is 4.03. The van der Waals surface area contributed by atoms with E-state index in [0.717, 1.165) is 12.8 Å². The molecular formula is C16H20ClNO4S. The second-order valence-electron chi connectivity index (χ2n) is 6.36. The van der Waals surface area contributed by atoms with Gasteiger partial charge in [-0.05, 0) is 43.9 Å². The number of carbonyl (C=O) groups excluding carboxylic acids is 1. The van der Waals surface area contributed by atoms with Gasteiger partial charge in [0, 0.05) is 23.4 Å². The van der Waals surface area contributed by atoms with Crippen LogP contribution in [-0.2, 0) is 9.84 Å². The Morgan fingerprint density at radius 3 is 2.39 bits per heavy atom. The Balaban J connectivity index is 1.89. The molecule has 2 bridgehead atoms. The summed E-state index contributed by atoms with van der Waals surface area (Å²) in [5, 5.41) is 0.137. The molecule has 1 aromatic carbocycles. The minimum absolute atomic E-state index is 0.0235. The van der Waals surface area contributed by atoms with Gasteiger partial charge in [0.25, 0.3) is 5.91 Å². The molecule has 0 saturated carbocycles. The number of methoxy groups -OCH3 is 1. The van der Waals surface area contributed by atoms with Crippen LogP contribution in [0.2, 0.25) is 5.02 Å². The minimum atomic E-state index is -3.07. The number of hydrogen-bond acceptors (Lipinski definition) is 4. The minimum Gasteiger partial charge on any atom is -0.496 e. The fourth-order valence-electron chi connectivity index (χ4n) is 3.79. The second kappa shape index (κ2) is 5.98. The summed E-state index contributed by atoms with van der Waals surface area (Å²) in [5.74, 6) is 0.368. The van der Waals surface area contributed by atoms with Crippen LogP contribution in [0.5, 0.6) is 5.75 Å². The lowest BCUT2D eigenvalue weighted by atomic mass is 10.0. The number of piperidine rings is 1. The van der Waals surface area contributed by atoms with Gasteiger partial charge in [0.1, 0.15) is 15.6 Å². The molecule has 2 fully saturated rings. The molecule has 0 spiro atoms. The fraction of sp³-hybridized carbons (Fsp3) is 0.562. The fourth-order valence-corrected chi connectivity index (χ4v) is 5.11. The van der Waals surface area contributed by atoms with Gasteiger partial charge in [-0.1, -0.05) is 11.6 Å². The van der Waals surface area contributed by atoms with E-state index in [4.69, 9.17) is 16.3 Å². The lowest BCUT2D eigenvalue weighted by molar-refractivity contribution is 0.0595. The number of carbonyl (C=O) groups is 1. The second-order valence-corrected chi connectivity index (χ2v) is 9.13. The predicted molar refractivity (Wildman–Crippen MR) is 88.8 cm³/mol. The van der Waals surface area contributed by atoms with Gasteiger partial charge in [-0.15, -0.1) is 0 Å². The summed E-state index contributed by atoms with van der Waals surface area (Å²) in [6, 6.07) is 4.93. The van der Waals surface area contributed by atoms with Crippen molar-refractivity contribution in [1.29, 1.82) is 0 Å². The van der Waals surface area contributed by atoms with Crippen LogP contribution in [0.4, 0.5) is 0 Å². The lowest BCUT2D eigenvalue weighted by Gasteiger charge is -2.38. The van der Waals surface area contributed by atoms with Gasteiger partial charge in [0.05, 0.1) is 17.9 Å². The van der Waals surface area contributed by atoms with Crippen molar-refractivity contribution in [1.82, 2.24) is 4.90 Å². The average Bonchev–Trinajstić information content (AvgIpc) is 2.74. The van der Waals surface area contributed by atoms with E-state index in [1.807, 2.05) is 4.90 Å². The van der Waals surface area contributed by atoms with Crippen LogP contribution in [0.15, 0.2) is 18.2 Å². The van der Waals surface area contributed by atoms with E-state index in [1.165, 1.54) is 13.4 Å². The molecule has 0 aliphatic carbocycles. The van der Waals surface area contributed by atoms with Crippen LogP contribution in [0, 0.1) is 0 Å². The van der Waals surface area contributed by atoms with E-state index in [1.54, 1.807) is 18.2 Å². The van der Waals surface area contributed by atoms with Gasteiger partial charge in [0.2, 0.25) is 0 Å². The predicted octanol–water partition coefficient (Wildman–Crippen LogP) is 2.53. The maximum Gasteiger partial charge on any atom is 0.258 e. The molecule has 2 atom stereocenters. The summed E-state index contributed by atoms with van der Waals surface area (Å²) in [5.41, 5.74) is 0.440. The molecule has 2 unspecified atom stereocenters.